The van der Waals surface area contributed by atoms with E-state index >= 15 is 0 Å². The number of esters is 1. The fourth-order valence-electron chi connectivity index (χ4n) is 2.52. The smallest absolute Gasteiger partial charge is 0.329 e. The van der Waals surface area contributed by atoms with Crippen molar-refractivity contribution in [2.75, 3.05) is 13.1 Å². The quantitative estimate of drug-likeness (QED) is 0.464. The van der Waals surface area contributed by atoms with E-state index in [-0.39, 0.29) is 31.3 Å². The lowest BCUT2D eigenvalue weighted by molar-refractivity contribution is -0.164. The molecule has 1 atom stereocenters. The molecule has 8 nitrogen and oxygen atoms in total. The maximum atomic E-state index is 12.8. The number of carbonyl (C=O) groups is 3. The van der Waals surface area contributed by atoms with Gasteiger partial charge in [0.05, 0.1) is 0 Å². The van der Waals surface area contributed by atoms with Crippen LogP contribution >= 0.6 is 0 Å². The number of carbonyl (C=O) groups excluding carboxylic acids is 3. The number of terminal acetylenes is 1. The Kier molecular flexibility index (Phi) is 7.95. The third-order valence-electron chi connectivity index (χ3n) is 4.05. The van der Waals surface area contributed by atoms with Crippen molar-refractivity contribution in [3.63, 3.8) is 0 Å². The van der Waals surface area contributed by atoms with E-state index in [9.17, 15) is 14.4 Å². The first kappa shape index (κ1) is 22.6. The van der Waals surface area contributed by atoms with Gasteiger partial charge in [-0.05, 0) is 27.7 Å². The van der Waals surface area contributed by atoms with Gasteiger partial charge in [-0.15, -0.1) is 12.3 Å². The Labute approximate surface area is 161 Å². The largest absolute Gasteiger partial charge is 0.458 e. The van der Waals surface area contributed by atoms with Gasteiger partial charge >= 0.3 is 5.97 Å². The summed E-state index contributed by atoms with van der Waals surface area (Å²) in [5.41, 5.74) is -1.21. The number of nitrogens with zero attached hydrogens (tertiary/aromatic N) is 3. The number of amides is 2. The van der Waals surface area contributed by atoms with Crippen LogP contribution in [0.4, 0.5) is 0 Å². The van der Waals surface area contributed by atoms with Crippen molar-refractivity contribution in [1.82, 2.24) is 10.2 Å². The second-order valence-electron chi connectivity index (χ2n) is 7.67. The van der Waals surface area contributed by atoms with Crippen molar-refractivity contribution < 1.29 is 19.1 Å². The fraction of sp³-hybridized carbons (Fsp3) is 0.737. The molecule has 0 fully saturated rings. The predicted octanol–water partition coefficient (Wildman–Crippen LogP) is 2.04. The summed E-state index contributed by atoms with van der Waals surface area (Å²) >= 11 is 0. The van der Waals surface area contributed by atoms with Gasteiger partial charge in [0.2, 0.25) is 11.8 Å². The first-order valence-corrected chi connectivity index (χ1v) is 9.14. The average molecular weight is 378 g/mol. The third-order valence-corrected chi connectivity index (χ3v) is 4.05. The molecule has 1 rings (SSSR count). The first-order chi connectivity index (χ1) is 12.5. The zero-order valence-electron chi connectivity index (χ0n) is 16.9. The molecule has 2 amide bonds. The Hall–Kier alpha value is -2.43. The van der Waals surface area contributed by atoms with Crippen LogP contribution in [0.3, 0.4) is 0 Å². The van der Waals surface area contributed by atoms with Crippen molar-refractivity contribution >= 4 is 17.8 Å². The topological polar surface area (TPSA) is 100 Å². The summed E-state index contributed by atoms with van der Waals surface area (Å²) in [5.74, 6) is 1.66. The van der Waals surface area contributed by atoms with E-state index in [1.807, 2.05) is 0 Å². The van der Waals surface area contributed by atoms with Crippen LogP contribution in [0.25, 0.3) is 0 Å². The molecular weight excluding hydrogens is 348 g/mol. The van der Waals surface area contributed by atoms with Crippen molar-refractivity contribution in [2.45, 2.75) is 77.6 Å². The maximum absolute atomic E-state index is 12.8. The molecule has 27 heavy (non-hydrogen) atoms. The predicted molar refractivity (Wildman–Crippen MR) is 101 cm³/mol. The van der Waals surface area contributed by atoms with E-state index in [1.165, 1.54) is 11.8 Å². The summed E-state index contributed by atoms with van der Waals surface area (Å²) in [4.78, 5) is 37.7. The molecule has 0 aromatic rings. The van der Waals surface area contributed by atoms with Gasteiger partial charge < -0.3 is 15.0 Å². The molecule has 1 aliphatic rings. The Morgan fingerprint density at radius 1 is 1.26 bits per heavy atom. The molecule has 0 bridgehead atoms. The van der Waals surface area contributed by atoms with Crippen molar-refractivity contribution in [1.29, 1.82) is 0 Å². The van der Waals surface area contributed by atoms with Crippen LogP contribution in [-0.2, 0) is 19.1 Å². The highest BCUT2D eigenvalue weighted by atomic mass is 16.6. The van der Waals surface area contributed by atoms with E-state index in [0.717, 1.165) is 0 Å². The Balaban J connectivity index is 2.71. The van der Waals surface area contributed by atoms with Crippen LogP contribution in [0.2, 0.25) is 0 Å². The average Bonchev–Trinajstić information content (AvgIpc) is 3.33. The number of ether oxygens (including phenoxy) is 1. The number of rotatable bonds is 10. The first-order valence-electron chi connectivity index (χ1n) is 9.14. The van der Waals surface area contributed by atoms with Crippen molar-refractivity contribution in [3.05, 3.63) is 0 Å². The molecule has 150 valence electrons. The van der Waals surface area contributed by atoms with Gasteiger partial charge in [0.25, 0.3) is 0 Å². The van der Waals surface area contributed by atoms with Crippen LogP contribution in [0.5, 0.6) is 0 Å². The molecule has 1 heterocycles. The Morgan fingerprint density at radius 2 is 1.89 bits per heavy atom. The molecule has 0 aliphatic carbocycles. The molecule has 0 spiro atoms. The molecule has 1 N–H and O–H groups in total. The number of nitrogens with one attached hydrogen (secondary N) is 1. The summed E-state index contributed by atoms with van der Waals surface area (Å²) in [7, 11) is 0. The van der Waals surface area contributed by atoms with Gasteiger partial charge in [-0.3, -0.25) is 9.59 Å². The number of hydrogen-bond acceptors (Lipinski definition) is 6. The lowest BCUT2D eigenvalue weighted by Gasteiger charge is -2.31. The van der Waals surface area contributed by atoms with Gasteiger partial charge in [-0.2, -0.15) is 10.2 Å². The molecular formula is C19H30N4O4. The molecule has 1 unspecified atom stereocenters. The van der Waals surface area contributed by atoms with E-state index in [2.05, 4.69) is 21.5 Å². The van der Waals surface area contributed by atoms with Gasteiger partial charge in [-0.25, -0.2) is 4.79 Å². The minimum Gasteiger partial charge on any atom is -0.458 e. The number of hydrogen-bond donors (Lipinski definition) is 1. The Bertz CT molecular complexity index is 625. The van der Waals surface area contributed by atoms with Gasteiger partial charge in [-0.1, -0.05) is 0 Å². The van der Waals surface area contributed by atoms with E-state index in [4.69, 9.17) is 11.2 Å². The molecule has 0 aromatic carbocycles. The van der Waals surface area contributed by atoms with Crippen LogP contribution in [0.15, 0.2) is 10.2 Å². The summed E-state index contributed by atoms with van der Waals surface area (Å²) in [6, 6.07) is -0.764. The molecule has 0 aromatic heterocycles. The highest BCUT2D eigenvalue weighted by molar-refractivity contribution is 5.84. The van der Waals surface area contributed by atoms with Crippen molar-refractivity contribution in [3.8, 4) is 12.3 Å². The minimum atomic E-state index is -0.764. The minimum absolute atomic E-state index is 0.185. The van der Waals surface area contributed by atoms with E-state index in [0.29, 0.717) is 19.3 Å². The maximum Gasteiger partial charge on any atom is 0.329 e. The molecule has 0 radical (unpaired) electrons. The van der Waals surface area contributed by atoms with E-state index < -0.39 is 23.3 Å². The third kappa shape index (κ3) is 8.20. The lowest BCUT2D eigenvalue weighted by Crippen LogP contribution is -2.48. The van der Waals surface area contributed by atoms with Crippen LogP contribution < -0.4 is 5.32 Å². The standard InChI is InChI=1S/C19H30N4O4/c1-7-8-10-19(21-22-19)11-9-16(25)23(13-12-20-15(3)24)14(2)17(26)27-18(4,5)6/h1,14H,8-13H2,2-6H3,(H,20,24). The van der Waals surface area contributed by atoms with Crippen LogP contribution in [0, 0.1) is 12.3 Å². The molecule has 0 saturated heterocycles. The Morgan fingerprint density at radius 3 is 2.37 bits per heavy atom. The molecule has 0 saturated carbocycles. The zero-order chi connectivity index (χ0) is 20.7. The molecule has 1 aliphatic heterocycles. The SMILES string of the molecule is C#CCCC1(CCC(=O)N(CCNC(C)=O)C(C)C(=O)OC(C)(C)C)N=N1. The van der Waals surface area contributed by atoms with Gasteiger partial charge in [0.15, 0.2) is 5.66 Å². The highest BCUT2D eigenvalue weighted by Crippen LogP contribution is 2.37. The fourth-order valence-corrected chi connectivity index (χ4v) is 2.52. The normalized spacial score (nSPS) is 15.4. The van der Waals surface area contributed by atoms with Gasteiger partial charge in [0.1, 0.15) is 11.6 Å². The van der Waals surface area contributed by atoms with Crippen molar-refractivity contribution in [2.24, 2.45) is 10.2 Å². The van der Waals surface area contributed by atoms with E-state index in [1.54, 1.807) is 27.7 Å². The van der Waals surface area contributed by atoms with Gasteiger partial charge in [0, 0.05) is 45.7 Å². The van der Waals surface area contributed by atoms with Crippen LogP contribution in [0.1, 0.15) is 60.3 Å². The zero-order valence-corrected chi connectivity index (χ0v) is 16.9. The highest BCUT2D eigenvalue weighted by Gasteiger charge is 2.40. The monoisotopic (exact) mass is 378 g/mol. The second-order valence-corrected chi connectivity index (χ2v) is 7.67. The second kappa shape index (κ2) is 9.49. The molecule has 8 heteroatoms. The lowest BCUT2D eigenvalue weighted by atomic mass is 10.0. The summed E-state index contributed by atoms with van der Waals surface area (Å²) in [6.07, 6.45) is 7.07. The summed E-state index contributed by atoms with van der Waals surface area (Å²) < 4.78 is 5.39. The van der Waals surface area contributed by atoms with Crippen LogP contribution in [-0.4, -0.2) is 53.1 Å². The summed E-state index contributed by atoms with van der Waals surface area (Å²) in [6.45, 7) is 8.80. The summed E-state index contributed by atoms with van der Waals surface area (Å²) in [5, 5.41) is 10.7.